The minimum atomic E-state index is 0.0588. The molecule has 0 aromatic carbocycles. The van der Waals surface area contributed by atoms with E-state index in [1.54, 1.807) is 19.2 Å². The molecule has 0 bridgehead atoms. The summed E-state index contributed by atoms with van der Waals surface area (Å²) in [4.78, 5) is 4.32. The van der Waals surface area contributed by atoms with Gasteiger partial charge in [-0.3, -0.25) is 10.1 Å². The van der Waals surface area contributed by atoms with Gasteiger partial charge in [-0.2, -0.15) is 5.10 Å². The molecule has 110 valence electrons. The first-order valence-corrected chi connectivity index (χ1v) is 7.07. The summed E-state index contributed by atoms with van der Waals surface area (Å²) in [5.74, 6) is 0. The maximum atomic E-state index is 7.35. The second-order valence-electron chi connectivity index (χ2n) is 5.04. The minimum Gasteiger partial charge on any atom is -0.373 e. The van der Waals surface area contributed by atoms with Gasteiger partial charge in [0.2, 0.25) is 0 Å². The molecule has 0 saturated carbocycles. The van der Waals surface area contributed by atoms with E-state index in [1.807, 2.05) is 42.6 Å². The molecular formula is C17H17N5. The highest BCUT2D eigenvalue weighted by Gasteiger charge is 2.18. The van der Waals surface area contributed by atoms with Crippen molar-refractivity contribution >= 4 is 23.6 Å². The Morgan fingerprint density at radius 2 is 2.27 bits per heavy atom. The van der Waals surface area contributed by atoms with E-state index in [1.165, 1.54) is 0 Å². The van der Waals surface area contributed by atoms with Crippen molar-refractivity contribution in [3.8, 4) is 0 Å². The van der Waals surface area contributed by atoms with Crippen molar-refractivity contribution < 1.29 is 0 Å². The monoisotopic (exact) mass is 291 g/mol. The SMILES string of the molecule is CC(=N)/C=C\C=C\c1n[nH]cc1C1C=Cc2ncccc2N1. The number of nitrogens with one attached hydrogen (secondary N) is 3. The van der Waals surface area contributed by atoms with Gasteiger partial charge in [-0.1, -0.05) is 18.2 Å². The zero-order valence-electron chi connectivity index (χ0n) is 12.2. The van der Waals surface area contributed by atoms with Gasteiger partial charge in [-0.05, 0) is 37.3 Å². The molecule has 0 amide bonds. The maximum Gasteiger partial charge on any atom is 0.0904 e. The third-order valence-electron chi connectivity index (χ3n) is 3.34. The van der Waals surface area contributed by atoms with E-state index in [0.717, 1.165) is 22.6 Å². The Morgan fingerprint density at radius 3 is 3.14 bits per heavy atom. The number of rotatable bonds is 4. The van der Waals surface area contributed by atoms with Crippen LogP contribution >= 0.6 is 0 Å². The summed E-state index contributed by atoms with van der Waals surface area (Å²) >= 11 is 0. The summed E-state index contributed by atoms with van der Waals surface area (Å²) in [6.45, 7) is 1.74. The molecule has 22 heavy (non-hydrogen) atoms. The van der Waals surface area contributed by atoms with Gasteiger partial charge < -0.3 is 10.7 Å². The molecule has 5 heteroatoms. The molecule has 1 aliphatic heterocycles. The first-order chi connectivity index (χ1) is 10.7. The summed E-state index contributed by atoms with van der Waals surface area (Å²) in [5.41, 5.74) is 4.44. The second-order valence-corrected chi connectivity index (χ2v) is 5.04. The number of fused-ring (bicyclic) bond motifs is 1. The molecule has 2 aromatic rings. The van der Waals surface area contributed by atoms with Crippen molar-refractivity contribution in [1.29, 1.82) is 5.41 Å². The molecule has 1 atom stereocenters. The molecule has 5 nitrogen and oxygen atoms in total. The molecule has 1 unspecified atom stereocenters. The van der Waals surface area contributed by atoms with Gasteiger partial charge in [-0.15, -0.1) is 0 Å². The quantitative estimate of drug-likeness (QED) is 0.595. The molecule has 0 fully saturated rings. The van der Waals surface area contributed by atoms with Gasteiger partial charge in [0, 0.05) is 23.7 Å². The molecule has 0 radical (unpaired) electrons. The van der Waals surface area contributed by atoms with Crippen LogP contribution in [0.5, 0.6) is 0 Å². The Morgan fingerprint density at radius 1 is 1.36 bits per heavy atom. The van der Waals surface area contributed by atoms with Crippen LogP contribution in [-0.4, -0.2) is 20.9 Å². The van der Waals surface area contributed by atoms with Gasteiger partial charge in [-0.25, -0.2) is 0 Å². The largest absolute Gasteiger partial charge is 0.373 e. The van der Waals surface area contributed by atoms with E-state index in [4.69, 9.17) is 5.41 Å². The fraction of sp³-hybridized carbons (Fsp3) is 0.118. The Balaban J connectivity index is 1.80. The second kappa shape index (κ2) is 6.22. The van der Waals surface area contributed by atoms with Crippen LogP contribution in [0.4, 0.5) is 5.69 Å². The van der Waals surface area contributed by atoms with Crippen LogP contribution < -0.4 is 5.32 Å². The van der Waals surface area contributed by atoms with E-state index < -0.39 is 0 Å². The number of nitrogens with zero attached hydrogens (tertiary/aromatic N) is 2. The Kier molecular flexibility index (Phi) is 3.96. The molecular weight excluding hydrogens is 274 g/mol. The molecule has 0 aliphatic carbocycles. The predicted octanol–water partition coefficient (Wildman–Crippen LogP) is 3.59. The van der Waals surface area contributed by atoms with Crippen molar-refractivity contribution in [2.24, 2.45) is 0 Å². The van der Waals surface area contributed by atoms with E-state index >= 15 is 0 Å². The number of aromatic amines is 1. The first kappa shape index (κ1) is 14.0. The number of anilines is 1. The lowest BCUT2D eigenvalue weighted by Crippen LogP contribution is -2.13. The zero-order valence-corrected chi connectivity index (χ0v) is 12.2. The Bertz CT molecular complexity index is 767. The molecule has 2 aromatic heterocycles. The number of pyridine rings is 1. The Hall–Kier alpha value is -2.95. The van der Waals surface area contributed by atoms with Gasteiger partial charge in [0.1, 0.15) is 0 Å². The lowest BCUT2D eigenvalue weighted by atomic mass is 10.0. The van der Waals surface area contributed by atoms with Crippen LogP contribution in [0.3, 0.4) is 0 Å². The molecule has 3 rings (SSSR count). The molecule has 1 aliphatic rings. The fourth-order valence-corrected chi connectivity index (χ4v) is 2.30. The molecule has 3 N–H and O–H groups in total. The van der Waals surface area contributed by atoms with Crippen molar-refractivity contribution in [3.63, 3.8) is 0 Å². The highest BCUT2D eigenvalue weighted by atomic mass is 15.1. The highest BCUT2D eigenvalue weighted by molar-refractivity contribution is 5.90. The summed E-state index contributed by atoms with van der Waals surface area (Å²) in [6.07, 6.45) is 15.2. The number of allylic oxidation sites excluding steroid dienone is 3. The van der Waals surface area contributed by atoms with Gasteiger partial charge in [0.15, 0.2) is 0 Å². The average Bonchev–Trinajstić information content (AvgIpc) is 2.99. The number of hydrogen-bond donors (Lipinski definition) is 3. The predicted molar refractivity (Wildman–Crippen MR) is 89.8 cm³/mol. The summed E-state index contributed by atoms with van der Waals surface area (Å²) in [7, 11) is 0. The minimum absolute atomic E-state index is 0.0588. The fourth-order valence-electron chi connectivity index (χ4n) is 2.30. The number of H-pyrrole nitrogens is 1. The topological polar surface area (TPSA) is 77.5 Å². The first-order valence-electron chi connectivity index (χ1n) is 7.07. The van der Waals surface area contributed by atoms with Crippen molar-refractivity contribution in [3.05, 3.63) is 65.8 Å². The normalized spacial score (nSPS) is 16.9. The van der Waals surface area contributed by atoms with E-state index in [-0.39, 0.29) is 6.04 Å². The van der Waals surface area contributed by atoms with Crippen LogP contribution in [0.2, 0.25) is 0 Å². The van der Waals surface area contributed by atoms with E-state index in [2.05, 4.69) is 26.6 Å². The number of aromatic nitrogens is 3. The third-order valence-corrected chi connectivity index (χ3v) is 3.34. The average molecular weight is 291 g/mol. The van der Waals surface area contributed by atoms with Gasteiger partial charge >= 0.3 is 0 Å². The van der Waals surface area contributed by atoms with Crippen LogP contribution in [0, 0.1) is 5.41 Å². The van der Waals surface area contributed by atoms with Crippen LogP contribution in [0.1, 0.15) is 29.9 Å². The smallest absolute Gasteiger partial charge is 0.0904 e. The van der Waals surface area contributed by atoms with Crippen molar-refractivity contribution in [2.45, 2.75) is 13.0 Å². The van der Waals surface area contributed by atoms with Gasteiger partial charge in [0.25, 0.3) is 0 Å². The Labute approximate surface area is 129 Å². The van der Waals surface area contributed by atoms with Crippen LogP contribution in [0.25, 0.3) is 12.2 Å². The van der Waals surface area contributed by atoms with Crippen molar-refractivity contribution in [2.75, 3.05) is 5.32 Å². The van der Waals surface area contributed by atoms with Crippen LogP contribution in [-0.2, 0) is 0 Å². The molecule has 0 spiro atoms. The summed E-state index contributed by atoms with van der Waals surface area (Å²) < 4.78 is 0. The standard InChI is InChI=1S/C17H17N5/c1-12(18)5-2-3-6-15-13(11-20-22-15)14-8-9-16-17(21-14)7-4-10-19-16/h2-11,14,18,21H,1H3,(H,20,22)/b5-2-,6-3+,18-12?. The third kappa shape index (κ3) is 3.03. The summed E-state index contributed by atoms with van der Waals surface area (Å²) in [6, 6.07) is 4.00. The van der Waals surface area contributed by atoms with Gasteiger partial charge in [0.05, 0.1) is 23.1 Å². The summed E-state index contributed by atoms with van der Waals surface area (Å²) in [5, 5.41) is 18.0. The van der Waals surface area contributed by atoms with E-state index in [9.17, 15) is 0 Å². The van der Waals surface area contributed by atoms with E-state index in [0.29, 0.717) is 5.71 Å². The molecule has 3 heterocycles. The maximum absolute atomic E-state index is 7.35. The van der Waals surface area contributed by atoms with Crippen molar-refractivity contribution in [1.82, 2.24) is 15.2 Å². The zero-order chi connectivity index (χ0) is 15.4. The van der Waals surface area contributed by atoms with Crippen LogP contribution in [0.15, 0.2) is 48.8 Å². The lowest BCUT2D eigenvalue weighted by Gasteiger charge is -2.21. The highest BCUT2D eigenvalue weighted by Crippen LogP contribution is 2.30. The molecule has 0 saturated heterocycles. The number of hydrogen-bond acceptors (Lipinski definition) is 4. The lowest BCUT2D eigenvalue weighted by molar-refractivity contribution is 0.968.